The van der Waals surface area contributed by atoms with Crippen molar-refractivity contribution in [3.05, 3.63) is 77.9 Å². The maximum atomic E-state index is 14.9. The van der Waals surface area contributed by atoms with Crippen LogP contribution in [0, 0.1) is 5.82 Å². The molecule has 160 valence electrons. The number of imidazole rings is 1. The van der Waals surface area contributed by atoms with Crippen molar-refractivity contribution in [3.63, 3.8) is 0 Å². The predicted octanol–water partition coefficient (Wildman–Crippen LogP) is 5.65. The van der Waals surface area contributed by atoms with E-state index in [1.54, 1.807) is 31.3 Å². The number of hydrogen-bond acceptors (Lipinski definition) is 5. The molecule has 0 unspecified atom stereocenters. The molecule has 0 saturated heterocycles. The van der Waals surface area contributed by atoms with E-state index in [0.29, 0.717) is 30.2 Å². The molecule has 7 heteroatoms. The van der Waals surface area contributed by atoms with E-state index in [0.717, 1.165) is 22.3 Å². The van der Waals surface area contributed by atoms with E-state index >= 15 is 0 Å². The highest BCUT2D eigenvalue weighted by molar-refractivity contribution is 7.98. The molecule has 0 aliphatic rings. The van der Waals surface area contributed by atoms with Gasteiger partial charge >= 0.3 is 0 Å². The molecule has 0 fully saturated rings. The van der Waals surface area contributed by atoms with Gasteiger partial charge in [-0.05, 0) is 48.2 Å². The lowest BCUT2D eigenvalue weighted by molar-refractivity contribution is 0.351. The van der Waals surface area contributed by atoms with E-state index in [-0.39, 0.29) is 5.82 Å². The quantitative estimate of drug-likeness (QED) is 0.361. The Balaban J connectivity index is 1.70. The number of aromatic amines is 1. The molecule has 1 N–H and O–H groups in total. The second-order valence-electron chi connectivity index (χ2n) is 7.11. The molecule has 0 aliphatic heterocycles. The SMILES string of the molecule is COc1cc(F)c(CN(Cc2ccc(SC)cc2)c2ccc3[nH]cnc3c2)cc1OC. The number of nitrogens with zero attached hydrogens (tertiary/aromatic N) is 2. The number of methoxy groups -OCH3 is 2. The third-order valence-electron chi connectivity index (χ3n) is 5.22. The first-order valence-electron chi connectivity index (χ1n) is 9.82. The fourth-order valence-electron chi connectivity index (χ4n) is 3.53. The first-order chi connectivity index (χ1) is 15.1. The number of halogens is 1. The molecule has 4 rings (SSSR count). The van der Waals surface area contributed by atoms with Crippen molar-refractivity contribution in [2.45, 2.75) is 18.0 Å². The van der Waals surface area contributed by atoms with Crippen LogP contribution in [-0.2, 0) is 13.1 Å². The summed E-state index contributed by atoms with van der Waals surface area (Å²) in [5, 5.41) is 0. The van der Waals surface area contributed by atoms with Crippen molar-refractivity contribution in [2.24, 2.45) is 0 Å². The van der Waals surface area contributed by atoms with Gasteiger partial charge in [-0.15, -0.1) is 11.8 Å². The Bertz CT molecular complexity index is 1180. The van der Waals surface area contributed by atoms with Crippen LogP contribution in [0.15, 0.2) is 65.8 Å². The molecule has 31 heavy (non-hydrogen) atoms. The maximum absolute atomic E-state index is 14.9. The summed E-state index contributed by atoms with van der Waals surface area (Å²) in [5.74, 6) is 0.549. The zero-order valence-corrected chi connectivity index (χ0v) is 18.5. The van der Waals surface area contributed by atoms with Crippen molar-refractivity contribution >= 4 is 28.5 Å². The lowest BCUT2D eigenvalue weighted by atomic mass is 10.1. The maximum Gasteiger partial charge on any atom is 0.163 e. The first-order valence-corrected chi connectivity index (χ1v) is 11.0. The van der Waals surface area contributed by atoms with Crippen LogP contribution < -0.4 is 14.4 Å². The second-order valence-corrected chi connectivity index (χ2v) is 7.99. The lowest BCUT2D eigenvalue weighted by Gasteiger charge is -2.26. The molecule has 1 heterocycles. The third-order valence-corrected chi connectivity index (χ3v) is 5.96. The molecule has 0 saturated carbocycles. The van der Waals surface area contributed by atoms with Crippen LogP contribution in [0.4, 0.5) is 10.1 Å². The number of thioether (sulfide) groups is 1. The van der Waals surface area contributed by atoms with Crippen LogP contribution in [0.5, 0.6) is 11.5 Å². The van der Waals surface area contributed by atoms with E-state index in [4.69, 9.17) is 9.47 Å². The minimum absolute atomic E-state index is 0.332. The Kier molecular flexibility index (Phi) is 6.32. The van der Waals surface area contributed by atoms with Crippen LogP contribution in [0.25, 0.3) is 11.0 Å². The third kappa shape index (κ3) is 4.61. The van der Waals surface area contributed by atoms with Gasteiger partial charge in [0, 0.05) is 35.3 Å². The summed E-state index contributed by atoms with van der Waals surface area (Å²) < 4.78 is 25.5. The Morgan fingerprint density at radius 3 is 2.42 bits per heavy atom. The van der Waals surface area contributed by atoms with Crippen LogP contribution in [-0.4, -0.2) is 30.4 Å². The number of anilines is 1. The van der Waals surface area contributed by atoms with Crippen molar-refractivity contribution < 1.29 is 13.9 Å². The van der Waals surface area contributed by atoms with Crippen LogP contribution in [0.3, 0.4) is 0 Å². The smallest absolute Gasteiger partial charge is 0.163 e. The van der Waals surface area contributed by atoms with Gasteiger partial charge in [-0.1, -0.05) is 12.1 Å². The van der Waals surface area contributed by atoms with Gasteiger partial charge in [0.2, 0.25) is 0 Å². The van der Waals surface area contributed by atoms with Crippen molar-refractivity contribution in [3.8, 4) is 11.5 Å². The number of ether oxygens (including phenoxy) is 2. The van der Waals surface area contributed by atoms with Crippen LogP contribution in [0.1, 0.15) is 11.1 Å². The summed E-state index contributed by atoms with van der Waals surface area (Å²) in [5.41, 5.74) is 4.46. The van der Waals surface area contributed by atoms with Gasteiger partial charge in [-0.25, -0.2) is 9.37 Å². The normalized spacial score (nSPS) is 11.0. The Hall–Kier alpha value is -3.19. The molecule has 0 aliphatic carbocycles. The summed E-state index contributed by atoms with van der Waals surface area (Å²) in [6.07, 6.45) is 3.73. The monoisotopic (exact) mass is 437 g/mol. The van der Waals surface area contributed by atoms with Gasteiger partial charge in [0.25, 0.3) is 0 Å². The average molecular weight is 438 g/mol. The molecular weight excluding hydrogens is 413 g/mol. The van der Waals surface area contributed by atoms with E-state index < -0.39 is 0 Å². The number of nitrogens with one attached hydrogen (secondary N) is 1. The van der Waals surface area contributed by atoms with Gasteiger partial charge in [0.15, 0.2) is 11.5 Å². The van der Waals surface area contributed by atoms with Crippen LogP contribution >= 0.6 is 11.8 Å². The van der Waals surface area contributed by atoms with E-state index in [2.05, 4.69) is 45.4 Å². The molecule has 0 atom stereocenters. The highest BCUT2D eigenvalue weighted by Gasteiger charge is 2.16. The van der Waals surface area contributed by atoms with Crippen molar-refractivity contribution in [1.82, 2.24) is 9.97 Å². The standard InChI is InChI=1S/C24H24FN3O2S/c1-29-23-10-17(20(25)12-24(23)30-2)14-28(13-16-4-7-19(31-3)8-5-16)18-6-9-21-22(11-18)27-15-26-21/h4-12,15H,13-14H2,1-3H3,(H,26,27). The highest BCUT2D eigenvalue weighted by Crippen LogP contribution is 2.32. The Morgan fingerprint density at radius 1 is 0.968 bits per heavy atom. The van der Waals surface area contributed by atoms with Gasteiger partial charge in [0.1, 0.15) is 5.82 Å². The van der Waals surface area contributed by atoms with Gasteiger partial charge in [-0.3, -0.25) is 0 Å². The molecule has 4 aromatic rings. The summed E-state index contributed by atoms with van der Waals surface area (Å²) in [6, 6.07) is 17.5. The highest BCUT2D eigenvalue weighted by atomic mass is 32.2. The minimum Gasteiger partial charge on any atom is -0.493 e. The molecule has 0 radical (unpaired) electrons. The van der Waals surface area contributed by atoms with E-state index in [1.165, 1.54) is 18.1 Å². The summed E-state index contributed by atoms with van der Waals surface area (Å²) in [6.45, 7) is 0.991. The zero-order valence-electron chi connectivity index (χ0n) is 17.7. The van der Waals surface area contributed by atoms with Gasteiger partial charge in [-0.2, -0.15) is 0 Å². The second kappa shape index (κ2) is 9.31. The Labute approximate surface area is 185 Å². The summed E-state index contributed by atoms with van der Waals surface area (Å²) in [7, 11) is 3.05. The number of benzene rings is 3. The van der Waals surface area contributed by atoms with Crippen molar-refractivity contribution in [2.75, 3.05) is 25.4 Å². The molecule has 1 aromatic heterocycles. The Morgan fingerprint density at radius 2 is 1.71 bits per heavy atom. The number of hydrogen-bond donors (Lipinski definition) is 1. The van der Waals surface area contributed by atoms with Gasteiger partial charge in [0.05, 0.1) is 31.6 Å². The van der Waals surface area contributed by atoms with Crippen molar-refractivity contribution in [1.29, 1.82) is 0 Å². The topological polar surface area (TPSA) is 50.4 Å². The zero-order chi connectivity index (χ0) is 21.8. The number of fused-ring (bicyclic) bond motifs is 1. The molecule has 3 aromatic carbocycles. The number of aromatic nitrogens is 2. The number of rotatable bonds is 8. The molecular formula is C24H24FN3O2S. The van der Waals surface area contributed by atoms with E-state index in [9.17, 15) is 4.39 Å². The van der Waals surface area contributed by atoms with Crippen LogP contribution in [0.2, 0.25) is 0 Å². The average Bonchev–Trinajstić information content (AvgIpc) is 3.28. The number of H-pyrrole nitrogens is 1. The summed E-state index contributed by atoms with van der Waals surface area (Å²) >= 11 is 1.71. The molecule has 0 amide bonds. The predicted molar refractivity (Wildman–Crippen MR) is 124 cm³/mol. The van der Waals surface area contributed by atoms with Gasteiger partial charge < -0.3 is 19.4 Å². The van der Waals surface area contributed by atoms with E-state index in [1.807, 2.05) is 18.2 Å². The largest absolute Gasteiger partial charge is 0.493 e. The minimum atomic E-state index is -0.332. The fourth-order valence-corrected chi connectivity index (χ4v) is 3.94. The molecule has 0 spiro atoms. The fraction of sp³-hybridized carbons (Fsp3) is 0.208. The first kappa shape index (κ1) is 21.1. The molecule has 5 nitrogen and oxygen atoms in total. The summed E-state index contributed by atoms with van der Waals surface area (Å²) in [4.78, 5) is 10.8. The lowest BCUT2D eigenvalue weighted by Crippen LogP contribution is -2.23. The molecule has 0 bridgehead atoms.